The molecule has 51 heavy (non-hydrogen) atoms. The Hall–Kier alpha value is -1.89. The molecular weight excluding hydrogens is 636 g/mol. The van der Waals surface area contributed by atoms with Gasteiger partial charge in [-0.15, -0.1) is 0 Å². The van der Waals surface area contributed by atoms with E-state index in [1.54, 1.807) is 6.92 Å². The lowest BCUT2D eigenvalue weighted by atomic mass is 9.32. The molecule has 4 unspecified atom stereocenters. The Kier molecular flexibility index (Phi) is 10.2. The van der Waals surface area contributed by atoms with Gasteiger partial charge in [-0.2, -0.15) is 0 Å². The molecule has 1 heterocycles. The predicted molar refractivity (Wildman–Crippen MR) is 203 cm³/mol. The summed E-state index contributed by atoms with van der Waals surface area (Å²) in [6.45, 7) is 30.0. The Morgan fingerprint density at radius 3 is 2.12 bits per heavy atom. The van der Waals surface area contributed by atoms with Crippen molar-refractivity contribution >= 4 is 17.8 Å². The molecule has 10 atom stereocenters. The van der Waals surface area contributed by atoms with Crippen molar-refractivity contribution in [1.82, 2.24) is 9.80 Å². The van der Waals surface area contributed by atoms with Crippen LogP contribution in [0.2, 0.25) is 0 Å². The van der Waals surface area contributed by atoms with Gasteiger partial charge in [-0.1, -0.05) is 60.6 Å². The molecule has 0 radical (unpaired) electrons. The summed E-state index contributed by atoms with van der Waals surface area (Å²) in [6.07, 6.45) is 13.6. The van der Waals surface area contributed by atoms with Gasteiger partial charge in [0, 0.05) is 38.5 Å². The normalized spacial score (nSPS) is 42.2. The lowest BCUT2D eigenvalue weighted by molar-refractivity contribution is -0.250. The fraction of sp³-hybridized carbons (Fsp3) is 0.886. The fourth-order valence-corrected chi connectivity index (χ4v) is 14.6. The highest BCUT2D eigenvalue weighted by molar-refractivity contribution is 5.73. The molecule has 6 fully saturated rings. The van der Waals surface area contributed by atoms with Crippen LogP contribution in [-0.4, -0.2) is 71.6 Å². The van der Waals surface area contributed by atoms with E-state index in [4.69, 9.17) is 4.74 Å². The highest BCUT2D eigenvalue weighted by atomic mass is 16.5. The first-order chi connectivity index (χ1) is 23.7. The second-order valence-corrected chi connectivity index (χ2v) is 20.9. The average molecular weight is 709 g/mol. The number of aliphatic carboxylic acids is 1. The van der Waals surface area contributed by atoms with Crippen LogP contribution in [0.15, 0.2) is 12.2 Å². The van der Waals surface area contributed by atoms with Gasteiger partial charge in [0.05, 0.1) is 12.8 Å². The number of amides is 1. The van der Waals surface area contributed by atoms with Crippen LogP contribution in [0.3, 0.4) is 0 Å². The number of hydrogen-bond acceptors (Lipinski definition) is 5. The van der Waals surface area contributed by atoms with E-state index in [1.807, 2.05) is 18.7 Å². The third kappa shape index (κ3) is 6.53. The second-order valence-electron chi connectivity index (χ2n) is 20.9. The monoisotopic (exact) mass is 709 g/mol. The largest absolute Gasteiger partial charge is 0.481 e. The summed E-state index contributed by atoms with van der Waals surface area (Å²) in [7, 11) is 0. The number of hydrogen-bond donors (Lipinski definition) is 1. The third-order valence-electron chi connectivity index (χ3n) is 17.4. The molecule has 7 heteroatoms. The first kappa shape index (κ1) is 38.8. The van der Waals surface area contributed by atoms with Crippen LogP contribution >= 0.6 is 0 Å². The first-order valence-corrected chi connectivity index (χ1v) is 20.7. The van der Waals surface area contributed by atoms with Crippen LogP contribution < -0.4 is 0 Å². The molecule has 6 rings (SSSR count). The van der Waals surface area contributed by atoms with Gasteiger partial charge >= 0.3 is 11.9 Å². The maximum atomic E-state index is 13.2. The quantitative estimate of drug-likeness (QED) is 0.190. The summed E-state index contributed by atoms with van der Waals surface area (Å²) in [5.41, 5.74) is 1.83. The van der Waals surface area contributed by atoms with Gasteiger partial charge in [-0.25, -0.2) is 0 Å². The standard InChI is InChI=1S/C44H72N2O5/c1-29(2)31-13-18-44(21-22-45-23-25-46(26-24-45)30(3)47)20-19-42(9)32(38(31)44)11-12-34-41(8)16-15-35(40(6,7)33(41)14-17-43(34,42)10)51-37(50)28-39(4,5)27-36(48)49/h31-35,38H,1,11-28H2,2-10H3,(H,48,49)/t31-,32+,33?,34?,35?,38?,41-,42+,43+,44+/m0/s1. The number of carbonyl (C=O) groups excluding carboxylic acids is 2. The first-order valence-electron chi connectivity index (χ1n) is 20.7. The Morgan fingerprint density at radius 1 is 0.804 bits per heavy atom. The van der Waals surface area contributed by atoms with E-state index >= 15 is 0 Å². The van der Waals surface area contributed by atoms with E-state index in [2.05, 4.69) is 53.0 Å². The smallest absolute Gasteiger partial charge is 0.306 e. The number of carbonyl (C=O) groups is 3. The number of nitrogens with zero attached hydrogens (tertiary/aromatic N) is 2. The molecule has 6 aliphatic rings. The number of esters is 1. The summed E-state index contributed by atoms with van der Waals surface area (Å²) in [5, 5.41) is 9.35. The average Bonchev–Trinajstić information content (AvgIpc) is 3.41. The second kappa shape index (κ2) is 13.4. The summed E-state index contributed by atoms with van der Waals surface area (Å²) in [6, 6.07) is 0. The Bertz CT molecular complexity index is 1380. The number of rotatable bonds is 9. The molecule has 1 saturated heterocycles. The molecular formula is C44H72N2O5. The van der Waals surface area contributed by atoms with Crippen LogP contribution in [0.5, 0.6) is 0 Å². The van der Waals surface area contributed by atoms with Crippen molar-refractivity contribution in [2.75, 3.05) is 32.7 Å². The fourth-order valence-electron chi connectivity index (χ4n) is 14.6. The molecule has 0 aromatic rings. The molecule has 1 N–H and O–H groups in total. The van der Waals surface area contributed by atoms with Crippen molar-refractivity contribution < 1.29 is 24.2 Å². The number of carboxylic acid groups (broad SMARTS) is 1. The van der Waals surface area contributed by atoms with Crippen LogP contribution in [0.25, 0.3) is 0 Å². The zero-order valence-electron chi connectivity index (χ0n) is 33.9. The van der Waals surface area contributed by atoms with Crippen molar-refractivity contribution in [2.24, 2.45) is 62.1 Å². The van der Waals surface area contributed by atoms with Gasteiger partial charge in [0.1, 0.15) is 6.10 Å². The molecule has 288 valence electrons. The Morgan fingerprint density at radius 2 is 1.49 bits per heavy atom. The summed E-state index contributed by atoms with van der Waals surface area (Å²) >= 11 is 0. The lowest BCUT2D eigenvalue weighted by Crippen LogP contribution is -2.66. The minimum absolute atomic E-state index is 0.0362. The van der Waals surface area contributed by atoms with Gasteiger partial charge in [0.2, 0.25) is 5.91 Å². The van der Waals surface area contributed by atoms with Crippen molar-refractivity contribution in [1.29, 1.82) is 0 Å². The number of ether oxygens (including phenoxy) is 1. The van der Waals surface area contributed by atoms with E-state index in [0.717, 1.165) is 51.5 Å². The van der Waals surface area contributed by atoms with Gasteiger partial charge in [0.25, 0.3) is 0 Å². The zero-order valence-corrected chi connectivity index (χ0v) is 33.9. The third-order valence-corrected chi connectivity index (χ3v) is 17.4. The van der Waals surface area contributed by atoms with Crippen molar-refractivity contribution in [3.05, 3.63) is 12.2 Å². The van der Waals surface area contributed by atoms with Crippen molar-refractivity contribution in [3.63, 3.8) is 0 Å². The van der Waals surface area contributed by atoms with Crippen LogP contribution in [0, 0.1) is 62.1 Å². The molecule has 0 aromatic heterocycles. The van der Waals surface area contributed by atoms with E-state index < -0.39 is 11.4 Å². The number of allylic oxidation sites excluding steroid dienone is 1. The molecule has 1 aliphatic heterocycles. The topological polar surface area (TPSA) is 87.2 Å². The SMILES string of the molecule is C=C(C)[C@@H]1CC[C@]2(CCN3CCN(C(C)=O)CC3)CC[C@]3(C)[C@H](CCC4[C@@]5(C)CCC(OC(=O)CC(C)(C)CC(=O)O)C(C)(C)C5CC[C@]43C)C12. The van der Waals surface area contributed by atoms with Gasteiger partial charge in [0.15, 0.2) is 0 Å². The van der Waals surface area contributed by atoms with E-state index in [-0.39, 0.29) is 47.1 Å². The molecule has 5 aliphatic carbocycles. The summed E-state index contributed by atoms with van der Waals surface area (Å²) < 4.78 is 6.30. The van der Waals surface area contributed by atoms with Gasteiger partial charge in [-0.3, -0.25) is 19.3 Å². The lowest BCUT2D eigenvalue weighted by Gasteiger charge is -2.73. The predicted octanol–water partition coefficient (Wildman–Crippen LogP) is 9.00. The molecule has 0 bridgehead atoms. The molecule has 0 spiro atoms. The summed E-state index contributed by atoms with van der Waals surface area (Å²) in [5.74, 6) is 2.31. The van der Waals surface area contributed by atoms with E-state index in [9.17, 15) is 19.5 Å². The Labute approximate surface area is 310 Å². The highest BCUT2D eigenvalue weighted by Gasteiger charge is 2.71. The minimum Gasteiger partial charge on any atom is -0.481 e. The number of carboxylic acids is 1. The van der Waals surface area contributed by atoms with Gasteiger partial charge < -0.3 is 14.7 Å². The zero-order chi connectivity index (χ0) is 37.4. The van der Waals surface area contributed by atoms with E-state index in [0.29, 0.717) is 34.5 Å². The van der Waals surface area contributed by atoms with E-state index in [1.165, 1.54) is 63.4 Å². The Balaban J connectivity index is 1.20. The van der Waals surface area contributed by atoms with Crippen molar-refractivity contribution in [2.45, 2.75) is 152 Å². The molecule has 5 saturated carbocycles. The molecule has 0 aromatic carbocycles. The molecule has 7 nitrogen and oxygen atoms in total. The van der Waals surface area contributed by atoms with Gasteiger partial charge in [-0.05, 0) is 141 Å². The molecule has 1 amide bonds. The summed E-state index contributed by atoms with van der Waals surface area (Å²) in [4.78, 5) is 41.3. The van der Waals surface area contributed by atoms with Crippen LogP contribution in [0.4, 0.5) is 0 Å². The number of fused-ring (bicyclic) bond motifs is 7. The maximum Gasteiger partial charge on any atom is 0.306 e. The van der Waals surface area contributed by atoms with Crippen molar-refractivity contribution in [3.8, 4) is 0 Å². The maximum absolute atomic E-state index is 13.2. The van der Waals surface area contributed by atoms with Crippen LogP contribution in [-0.2, 0) is 19.1 Å². The highest BCUT2D eigenvalue weighted by Crippen LogP contribution is 2.78. The number of piperazine rings is 1. The minimum atomic E-state index is -0.873. The van der Waals surface area contributed by atoms with Crippen LogP contribution in [0.1, 0.15) is 146 Å².